The van der Waals surface area contributed by atoms with E-state index in [1.165, 1.54) is 54.9 Å². The maximum absolute atomic E-state index is 6.16. The number of rotatable bonds is 5. The molecule has 0 saturated heterocycles. The first-order valence-corrected chi connectivity index (χ1v) is 19.1. The summed E-state index contributed by atoms with van der Waals surface area (Å²) in [6, 6.07) is 68.7. The van der Waals surface area contributed by atoms with Gasteiger partial charge < -0.3 is 9.32 Å². The van der Waals surface area contributed by atoms with Crippen LogP contribution in [0.1, 0.15) is 25.0 Å². The Kier molecular flexibility index (Phi) is 6.93. The van der Waals surface area contributed by atoms with Gasteiger partial charge in [0.15, 0.2) is 0 Å². The van der Waals surface area contributed by atoms with Gasteiger partial charge in [-0.25, -0.2) is 0 Å². The Labute approximate surface area is 320 Å². The Balaban J connectivity index is 1.14. The maximum Gasteiger partial charge on any atom is 0.135 e. The van der Waals surface area contributed by atoms with Crippen molar-refractivity contribution in [2.75, 3.05) is 4.90 Å². The predicted molar refractivity (Wildman–Crippen MR) is 232 cm³/mol. The number of benzene rings is 9. The van der Waals surface area contributed by atoms with Crippen LogP contribution < -0.4 is 4.90 Å². The van der Waals surface area contributed by atoms with E-state index >= 15 is 0 Å². The number of furan rings is 1. The minimum absolute atomic E-state index is 0.0740. The third-order valence-corrected chi connectivity index (χ3v) is 11.9. The molecule has 2 heteroatoms. The van der Waals surface area contributed by atoms with Gasteiger partial charge in [-0.05, 0) is 109 Å². The molecule has 0 amide bonds. The average Bonchev–Trinajstić information content (AvgIpc) is 3.72. The van der Waals surface area contributed by atoms with Gasteiger partial charge in [-0.3, -0.25) is 0 Å². The first kappa shape index (κ1) is 31.6. The molecule has 1 aliphatic carbocycles. The Morgan fingerprint density at radius 2 is 1.02 bits per heavy atom. The first-order chi connectivity index (χ1) is 27.0. The van der Waals surface area contributed by atoms with Gasteiger partial charge in [-0.15, -0.1) is 0 Å². The summed E-state index contributed by atoms with van der Waals surface area (Å²) in [5.74, 6) is 0. The van der Waals surface area contributed by atoms with E-state index in [9.17, 15) is 0 Å². The van der Waals surface area contributed by atoms with Gasteiger partial charge in [-0.1, -0.05) is 153 Å². The molecule has 1 aromatic heterocycles. The van der Waals surface area contributed by atoms with E-state index < -0.39 is 0 Å². The number of anilines is 3. The zero-order chi connectivity index (χ0) is 36.7. The van der Waals surface area contributed by atoms with Crippen LogP contribution in [0.2, 0.25) is 0 Å². The van der Waals surface area contributed by atoms with Crippen molar-refractivity contribution in [3.8, 4) is 33.4 Å². The zero-order valence-electron chi connectivity index (χ0n) is 30.8. The SMILES string of the molecule is CC1(C)c2ccccc2-c2cc(N(c3ccc(-c4ccc5oc6ccccc6c5c4)cc3)c3ccc4ccccc4c3-c3cccc4ccccc34)ccc21. The molecule has 0 aliphatic heterocycles. The molecule has 10 aromatic rings. The Bertz CT molecular complexity index is 3120. The fourth-order valence-corrected chi connectivity index (χ4v) is 9.16. The molecular formula is C53H37NO. The lowest BCUT2D eigenvalue weighted by molar-refractivity contribution is 0.660. The van der Waals surface area contributed by atoms with Crippen molar-refractivity contribution in [1.82, 2.24) is 0 Å². The summed E-state index contributed by atoms with van der Waals surface area (Å²) in [5.41, 5.74) is 15.2. The molecule has 1 heterocycles. The molecule has 0 saturated carbocycles. The van der Waals surface area contributed by atoms with Crippen molar-refractivity contribution in [3.05, 3.63) is 199 Å². The normalized spacial score (nSPS) is 13.1. The Hall–Kier alpha value is -6.90. The summed E-state index contributed by atoms with van der Waals surface area (Å²) in [4.78, 5) is 2.47. The molecular weight excluding hydrogens is 667 g/mol. The van der Waals surface area contributed by atoms with Crippen molar-refractivity contribution in [2.45, 2.75) is 19.3 Å². The van der Waals surface area contributed by atoms with E-state index in [0.717, 1.165) is 50.1 Å². The highest BCUT2D eigenvalue weighted by molar-refractivity contribution is 6.12. The number of fused-ring (bicyclic) bond motifs is 8. The molecule has 11 rings (SSSR count). The molecule has 0 fully saturated rings. The Morgan fingerprint density at radius 1 is 0.400 bits per heavy atom. The van der Waals surface area contributed by atoms with Gasteiger partial charge in [0.05, 0.1) is 5.69 Å². The third kappa shape index (κ3) is 4.88. The average molecular weight is 704 g/mol. The van der Waals surface area contributed by atoms with E-state index in [-0.39, 0.29) is 5.41 Å². The summed E-state index contributed by atoms with van der Waals surface area (Å²) in [5, 5.41) is 7.19. The highest BCUT2D eigenvalue weighted by Crippen LogP contribution is 2.52. The molecule has 1 aliphatic rings. The van der Waals surface area contributed by atoms with E-state index in [1.807, 2.05) is 12.1 Å². The molecule has 260 valence electrons. The predicted octanol–water partition coefficient (Wildman–Crippen LogP) is 15.0. The smallest absolute Gasteiger partial charge is 0.135 e. The highest BCUT2D eigenvalue weighted by atomic mass is 16.3. The minimum atomic E-state index is -0.0740. The number of para-hydroxylation sites is 1. The van der Waals surface area contributed by atoms with Gasteiger partial charge in [0.2, 0.25) is 0 Å². The molecule has 0 N–H and O–H groups in total. The lowest BCUT2D eigenvalue weighted by Gasteiger charge is -2.30. The fraction of sp³-hybridized carbons (Fsp3) is 0.0566. The second-order valence-corrected chi connectivity index (χ2v) is 15.3. The number of nitrogens with zero attached hydrogens (tertiary/aromatic N) is 1. The standard InChI is InChI=1S/C53H37NO/c1-53(2)47-20-9-7-17-42(47)45-33-39(28-29-48(45)53)54(38-26-22-34(23-27-38)37-25-31-51-46(32-37)43-18-8-10-21-50(43)55-51)49-30-24-36-13-4-6-16-41(36)52(49)44-19-11-14-35-12-3-5-15-40(35)44/h3-33H,1-2H3. The highest BCUT2D eigenvalue weighted by Gasteiger charge is 2.35. The number of hydrogen-bond donors (Lipinski definition) is 0. The molecule has 0 unspecified atom stereocenters. The van der Waals surface area contributed by atoms with Crippen LogP contribution in [0.4, 0.5) is 17.1 Å². The molecule has 0 spiro atoms. The van der Waals surface area contributed by atoms with Crippen LogP contribution >= 0.6 is 0 Å². The summed E-state index contributed by atoms with van der Waals surface area (Å²) in [6.07, 6.45) is 0. The monoisotopic (exact) mass is 703 g/mol. The van der Waals surface area contributed by atoms with E-state index in [4.69, 9.17) is 4.42 Å². The van der Waals surface area contributed by atoms with E-state index in [2.05, 4.69) is 195 Å². The Morgan fingerprint density at radius 3 is 1.87 bits per heavy atom. The first-order valence-electron chi connectivity index (χ1n) is 19.1. The van der Waals surface area contributed by atoms with Crippen LogP contribution in [-0.2, 0) is 5.41 Å². The quantitative estimate of drug-likeness (QED) is 0.177. The van der Waals surface area contributed by atoms with Crippen LogP contribution in [0.5, 0.6) is 0 Å². The van der Waals surface area contributed by atoms with Crippen molar-refractivity contribution in [3.63, 3.8) is 0 Å². The second kappa shape index (κ2) is 12.1. The van der Waals surface area contributed by atoms with Crippen molar-refractivity contribution in [2.24, 2.45) is 0 Å². The van der Waals surface area contributed by atoms with Gasteiger partial charge >= 0.3 is 0 Å². The molecule has 2 nitrogen and oxygen atoms in total. The van der Waals surface area contributed by atoms with Crippen molar-refractivity contribution < 1.29 is 4.42 Å². The lowest BCUT2D eigenvalue weighted by atomic mass is 9.82. The fourth-order valence-electron chi connectivity index (χ4n) is 9.16. The zero-order valence-corrected chi connectivity index (χ0v) is 30.8. The molecule has 55 heavy (non-hydrogen) atoms. The largest absolute Gasteiger partial charge is 0.456 e. The van der Waals surface area contributed by atoms with Crippen LogP contribution in [0.25, 0.3) is 76.9 Å². The summed E-state index contributed by atoms with van der Waals surface area (Å²) < 4.78 is 6.16. The van der Waals surface area contributed by atoms with Gasteiger partial charge in [0.25, 0.3) is 0 Å². The molecule has 9 aromatic carbocycles. The molecule has 0 atom stereocenters. The number of hydrogen-bond acceptors (Lipinski definition) is 2. The van der Waals surface area contributed by atoms with Crippen LogP contribution in [0.15, 0.2) is 192 Å². The molecule has 0 bridgehead atoms. The van der Waals surface area contributed by atoms with Gasteiger partial charge in [0.1, 0.15) is 11.2 Å². The summed E-state index contributed by atoms with van der Waals surface area (Å²) in [7, 11) is 0. The maximum atomic E-state index is 6.16. The van der Waals surface area contributed by atoms with Crippen molar-refractivity contribution in [1.29, 1.82) is 0 Å². The van der Waals surface area contributed by atoms with Gasteiger partial charge in [0, 0.05) is 33.1 Å². The second-order valence-electron chi connectivity index (χ2n) is 15.3. The lowest BCUT2D eigenvalue weighted by Crippen LogP contribution is -2.15. The van der Waals surface area contributed by atoms with Crippen LogP contribution in [0, 0.1) is 0 Å². The van der Waals surface area contributed by atoms with E-state index in [0.29, 0.717) is 0 Å². The molecule has 0 radical (unpaired) electrons. The van der Waals surface area contributed by atoms with E-state index in [1.54, 1.807) is 0 Å². The minimum Gasteiger partial charge on any atom is -0.456 e. The summed E-state index contributed by atoms with van der Waals surface area (Å²) >= 11 is 0. The van der Waals surface area contributed by atoms with Crippen molar-refractivity contribution >= 4 is 60.5 Å². The van der Waals surface area contributed by atoms with Crippen LogP contribution in [0.3, 0.4) is 0 Å². The topological polar surface area (TPSA) is 16.4 Å². The third-order valence-electron chi connectivity index (χ3n) is 11.9. The van der Waals surface area contributed by atoms with Gasteiger partial charge in [-0.2, -0.15) is 0 Å². The summed E-state index contributed by atoms with van der Waals surface area (Å²) in [6.45, 7) is 4.69. The van der Waals surface area contributed by atoms with Crippen LogP contribution in [-0.4, -0.2) is 0 Å².